The molecule has 0 unspecified atom stereocenters. The molecular formula is C23H19NO6S. The second-order valence-corrected chi connectivity index (χ2v) is 8.92. The van der Waals surface area contributed by atoms with E-state index in [4.69, 9.17) is 4.74 Å². The molecule has 0 saturated carbocycles. The normalized spacial score (nSPS) is 16.3. The van der Waals surface area contributed by atoms with Crippen LogP contribution >= 0.6 is 0 Å². The van der Waals surface area contributed by atoms with Crippen molar-refractivity contribution in [2.24, 2.45) is 0 Å². The number of hydrogen-bond donors (Lipinski definition) is 1. The molecule has 0 aliphatic carbocycles. The van der Waals surface area contributed by atoms with Crippen LogP contribution in [0.1, 0.15) is 27.5 Å². The number of carbonyl (C=O) groups excluding carboxylic acids is 1. The highest BCUT2D eigenvalue weighted by Gasteiger charge is 2.40. The van der Waals surface area contributed by atoms with Gasteiger partial charge in [-0.05, 0) is 53.9 Å². The van der Waals surface area contributed by atoms with Crippen molar-refractivity contribution in [3.8, 4) is 5.75 Å². The van der Waals surface area contributed by atoms with Crippen LogP contribution in [-0.4, -0.2) is 36.3 Å². The number of carboxylic acid groups (broad SMARTS) is 1. The number of esters is 1. The van der Waals surface area contributed by atoms with Crippen LogP contribution in [0, 0.1) is 0 Å². The topological polar surface area (TPSA) is 101 Å². The summed E-state index contributed by atoms with van der Waals surface area (Å²) in [4.78, 5) is 24.0. The van der Waals surface area contributed by atoms with E-state index in [-0.39, 0.29) is 17.2 Å². The highest BCUT2D eigenvalue weighted by Crippen LogP contribution is 2.34. The Morgan fingerprint density at radius 3 is 2.23 bits per heavy atom. The van der Waals surface area contributed by atoms with Gasteiger partial charge in [0.05, 0.1) is 10.5 Å². The maximum absolute atomic E-state index is 13.2. The minimum absolute atomic E-state index is 0.0566. The molecule has 0 saturated heterocycles. The third kappa shape index (κ3) is 4.08. The van der Waals surface area contributed by atoms with Crippen LogP contribution < -0.4 is 4.74 Å². The SMILES string of the molecule is O=C(Oc1ccc(S(=O)(=O)N2CCc3ccccc3[C@@H]2C(=O)O)cc1)c1ccccc1. The summed E-state index contributed by atoms with van der Waals surface area (Å²) in [6, 6.07) is 19.4. The lowest BCUT2D eigenvalue weighted by molar-refractivity contribution is -0.142. The fraction of sp³-hybridized carbons (Fsp3) is 0.130. The Morgan fingerprint density at radius 2 is 1.55 bits per heavy atom. The lowest BCUT2D eigenvalue weighted by atomic mass is 9.94. The predicted octanol–water partition coefficient (Wildman–Crippen LogP) is 3.28. The van der Waals surface area contributed by atoms with E-state index in [9.17, 15) is 23.1 Å². The van der Waals surface area contributed by atoms with Crippen LogP contribution in [0.4, 0.5) is 0 Å². The van der Waals surface area contributed by atoms with Crippen molar-refractivity contribution in [2.75, 3.05) is 6.54 Å². The number of benzene rings is 3. The number of carbonyl (C=O) groups is 2. The number of fused-ring (bicyclic) bond motifs is 1. The first kappa shape index (κ1) is 20.8. The molecule has 1 aliphatic heterocycles. The van der Waals surface area contributed by atoms with Gasteiger partial charge in [-0.2, -0.15) is 4.31 Å². The van der Waals surface area contributed by atoms with Crippen LogP contribution in [-0.2, 0) is 21.2 Å². The first-order chi connectivity index (χ1) is 14.9. The second kappa shape index (κ2) is 8.33. The zero-order valence-electron chi connectivity index (χ0n) is 16.3. The van der Waals surface area contributed by atoms with Crippen molar-refractivity contribution < 1.29 is 27.9 Å². The molecule has 31 heavy (non-hydrogen) atoms. The summed E-state index contributed by atoms with van der Waals surface area (Å²) in [5.74, 6) is -1.61. The van der Waals surface area contributed by atoms with E-state index < -0.39 is 28.0 Å². The van der Waals surface area contributed by atoms with E-state index in [1.54, 1.807) is 48.5 Å². The molecule has 1 N–H and O–H groups in total. The first-order valence-electron chi connectivity index (χ1n) is 9.57. The van der Waals surface area contributed by atoms with E-state index in [1.807, 2.05) is 6.07 Å². The van der Waals surface area contributed by atoms with Gasteiger partial charge in [0, 0.05) is 6.54 Å². The molecule has 7 nitrogen and oxygen atoms in total. The minimum Gasteiger partial charge on any atom is -0.480 e. The molecule has 0 spiro atoms. The van der Waals surface area contributed by atoms with Crippen LogP contribution in [0.15, 0.2) is 83.8 Å². The summed E-state index contributed by atoms with van der Waals surface area (Å²) in [5.41, 5.74) is 1.67. The number of carboxylic acids is 1. The molecule has 0 amide bonds. The van der Waals surface area contributed by atoms with Gasteiger partial charge >= 0.3 is 11.9 Å². The van der Waals surface area contributed by atoms with E-state index in [0.29, 0.717) is 17.5 Å². The summed E-state index contributed by atoms with van der Waals surface area (Å²) in [7, 11) is -4.08. The van der Waals surface area contributed by atoms with Gasteiger partial charge in [0.2, 0.25) is 10.0 Å². The maximum Gasteiger partial charge on any atom is 0.343 e. The van der Waals surface area contributed by atoms with E-state index >= 15 is 0 Å². The van der Waals surface area contributed by atoms with E-state index in [0.717, 1.165) is 9.87 Å². The standard InChI is InChI=1S/C23H19NO6S/c25-22(26)21-20-9-5-4-6-16(20)14-15-24(21)31(28,29)19-12-10-18(11-13-19)30-23(27)17-7-2-1-3-8-17/h1-13,21H,14-15H2,(H,25,26)/t21-/m1/s1. The van der Waals surface area contributed by atoms with Crippen LogP contribution in [0.25, 0.3) is 0 Å². The molecule has 158 valence electrons. The number of sulfonamides is 1. The Bertz CT molecular complexity index is 1220. The summed E-state index contributed by atoms with van der Waals surface area (Å²) in [6.45, 7) is 0.0566. The molecule has 0 bridgehead atoms. The van der Waals surface area contributed by atoms with Crippen LogP contribution in [0.5, 0.6) is 5.75 Å². The molecule has 1 aliphatic rings. The number of rotatable bonds is 5. The summed E-state index contributed by atoms with van der Waals surface area (Å²) in [5, 5.41) is 9.75. The fourth-order valence-electron chi connectivity index (χ4n) is 3.61. The number of hydrogen-bond acceptors (Lipinski definition) is 5. The van der Waals surface area contributed by atoms with Crippen molar-refractivity contribution in [3.05, 3.63) is 95.6 Å². The zero-order chi connectivity index (χ0) is 22.0. The molecule has 4 rings (SSSR count). The number of nitrogens with zero attached hydrogens (tertiary/aromatic N) is 1. The first-order valence-corrected chi connectivity index (χ1v) is 11.0. The van der Waals surface area contributed by atoms with Gasteiger partial charge in [-0.25, -0.2) is 13.2 Å². The number of aliphatic carboxylic acids is 1. The zero-order valence-corrected chi connectivity index (χ0v) is 17.2. The lowest BCUT2D eigenvalue weighted by Crippen LogP contribution is -2.43. The van der Waals surface area contributed by atoms with Gasteiger partial charge in [-0.3, -0.25) is 4.79 Å². The molecule has 8 heteroatoms. The Hall–Kier alpha value is -3.49. The molecule has 0 fully saturated rings. The predicted molar refractivity (Wildman–Crippen MR) is 112 cm³/mol. The Labute approximate surface area is 179 Å². The molecule has 0 aromatic heterocycles. The monoisotopic (exact) mass is 437 g/mol. The van der Waals surface area contributed by atoms with Crippen molar-refractivity contribution in [1.29, 1.82) is 0 Å². The van der Waals surface area contributed by atoms with E-state index in [2.05, 4.69) is 0 Å². The third-order valence-electron chi connectivity index (χ3n) is 5.12. The average molecular weight is 437 g/mol. The maximum atomic E-state index is 13.2. The van der Waals surface area contributed by atoms with Gasteiger partial charge < -0.3 is 9.84 Å². The third-order valence-corrected chi connectivity index (χ3v) is 7.00. The van der Waals surface area contributed by atoms with Gasteiger partial charge in [-0.15, -0.1) is 0 Å². The largest absolute Gasteiger partial charge is 0.480 e. The molecule has 0 radical (unpaired) electrons. The van der Waals surface area contributed by atoms with Gasteiger partial charge in [0.25, 0.3) is 0 Å². The fourth-order valence-corrected chi connectivity index (χ4v) is 5.18. The summed E-state index contributed by atoms with van der Waals surface area (Å²) < 4.78 is 32.7. The van der Waals surface area contributed by atoms with Crippen molar-refractivity contribution in [3.63, 3.8) is 0 Å². The van der Waals surface area contributed by atoms with Gasteiger partial charge in [0.15, 0.2) is 0 Å². The van der Waals surface area contributed by atoms with Crippen LogP contribution in [0.2, 0.25) is 0 Å². The molecule has 3 aromatic rings. The highest BCUT2D eigenvalue weighted by molar-refractivity contribution is 7.89. The van der Waals surface area contributed by atoms with Crippen molar-refractivity contribution in [1.82, 2.24) is 4.31 Å². The molecule has 1 heterocycles. The summed E-state index contributed by atoms with van der Waals surface area (Å²) in [6.07, 6.45) is 0.423. The number of ether oxygens (including phenoxy) is 1. The lowest BCUT2D eigenvalue weighted by Gasteiger charge is -2.33. The second-order valence-electron chi connectivity index (χ2n) is 7.03. The molecule has 1 atom stereocenters. The quantitative estimate of drug-likeness (QED) is 0.486. The smallest absolute Gasteiger partial charge is 0.343 e. The molecule has 3 aromatic carbocycles. The van der Waals surface area contributed by atoms with Gasteiger partial charge in [0.1, 0.15) is 11.8 Å². The van der Waals surface area contributed by atoms with Crippen molar-refractivity contribution in [2.45, 2.75) is 17.4 Å². The molecular weight excluding hydrogens is 418 g/mol. The van der Waals surface area contributed by atoms with Crippen LogP contribution in [0.3, 0.4) is 0 Å². The highest BCUT2D eigenvalue weighted by atomic mass is 32.2. The van der Waals surface area contributed by atoms with Crippen molar-refractivity contribution >= 4 is 22.0 Å². The summed E-state index contributed by atoms with van der Waals surface area (Å²) >= 11 is 0. The Morgan fingerprint density at radius 1 is 0.903 bits per heavy atom. The Kier molecular flexibility index (Phi) is 5.58. The minimum atomic E-state index is -4.08. The van der Waals surface area contributed by atoms with Gasteiger partial charge in [-0.1, -0.05) is 42.5 Å². The van der Waals surface area contributed by atoms with E-state index in [1.165, 1.54) is 24.3 Å². The average Bonchev–Trinajstić information content (AvgIpc) is 2.79. The Balaban J connectivity index is 1.59.